The molecule has 2 aliphatic rings. The largest absolute Gasteiger partial charge is 0.545 e. The number of nitrogens with one attached hydrogen (secondary N) is 3. The van der Waals surface area contributed by atoms with Gasteiger partial charge in [-0.15, -0.1) is 0 Å². The number of hydrogen-bond acceptors (Lipinski definition) is 7. The zero-order valence-electron chi connectivity index (χ0n) is 33.4. The number of anilines is 3. The number of piperidine rings is 1. The van der Waals surface area contributed by atoms with E-state index in [1.807, 2.05) is 0 Å². The number of imide groups is 1. The first-order valence-corrected chi connectivity index (χ1v) is 19.5. The first kappa shape index (κ1) is 45.1. The predicted molar refractivity (Wildman–Crippen MR) is 203 cm³/mol. The van der Waals surface area contributed by atoms with E-state index >= 15 is 0 Å². The molecule has 1 aliphatic carbocycles. The summed E-state index contributed by atoms with van der Waals surface area (Å²) in [7, 11) is 0. The molecule has 1 unspecified atom stereocenters. The van der Waals surface area contributed by atoms with E-state index in [2.05, 4.69) is 43.2 Å². The molecule has 3 N–H and O–H groups in total. The number of hydrogen-bond donors (Lipinski definition) is 3. The van der Waals surface area contributed by atoms with Crippen LogP contribution in [0.25, 0.3) is 0 Å². The first-order valence-electron chi connectivity index (χ1n) is 19.5. The second kappa shape index (κ2) is 18.6. The molecule has 1 aliphatic heterocycles. The molecule has 4 amide bonds. The quantitative estimate of drug-likeness (QED) is 0.115. The van der Waals surface area contributed by atoms with Crippen LogP contribution in [0.1, 0.15) is 129 Å². The minimum absolute atomic E-state index is 0.0201. The summed E-state index contributed by atoms with van der Waals surface area (Å²) in [6.45, 7) is 19.8. The molecular formula is C40H59F3N6O6. The van der Waals surface area contributed by atoms with Crippen molar-refractivity contribution in [1.29, 1.82) is 0 Å². The van der Waals surface area contributed by atoms with Gasteiger partial charge < -0.3 is 25.0 Å². The Morgan fingerprint density at radius 3 is 1.75 bits per heavy atom. The number of halogens is 3. The van der Waals surface area contributed by atoms with E-state index in [1.165, 1.54) is 106 Å². The van der Waals surface area contributed by atoms with E-state index in [0.29, 0.717) is 0 Å². The van der Waals surface area contributed by atoms with E-state index in [4.69, 9.17) is 0 Å². The third-order valence-corrected chi connectivity index (χ3v) is 10.9. The van der Waals surface area contributed by atoms with Gasteiger partial charge in [0.1, 0.15) is 5.82 Å². The Morgan fingerprint density at radius 1 is 0.818 bits per heavy atom. The van der Waals surface area contributed by atoms with Gasteiger partial charge in [0.25, 0.3) is 0 Å². The Balaban J connectivity index is 0.000000404. The summed E-state index contributed by atoms with van der Waals surface area (Å²) in [6.07, 6.45) is 6.07. The van der Waals surface area contributed by atoms with Gasteiger partial charge in [-0.2, -0.15) is 18.3 Å². The number of carbonyl (C=O) groups excluding carboxylic acids is 5. The maximum Gasteiger partial charge on any atom is 0.471 e. The van der Waals surface area contributed by atoms with Gasteiger partial charge in [-0.25, -0.2) is 4.90 Å². The highest BCUT2D eigenvalue weighted by Gasteiger charge is 2.64. The topological polar surface area (TPSA) is 164 Å². The van der Waals surface area contributed by atoms with Gasteiger partial charge in [-0.3, -0.25) is 24.3 Å². The van der Waals surface area contributed by atoms with Crippen LogP contribution in [-0.4, -0.2) is 76.6 Å². The number of rotatable bonds is 17. The maximum atomic E-state index is 13.6. The van der Waals surface area contributed by atoms with Crippen molar-refractivity contribution in [2.75, 3.05) is 41.7 Å². The molecule has 1 aromatic carbocycles. The van der Waals surface area contributed by atoms with Gasteiger partial charge in [0.2, 0.25) is 17.7 Å². The average molecular weight is 777 g/mol. The number of fused-ring (bicyclic) bond motifs is 2. The van der Waals surface area contributed by atoms with Crippen LogP contribution >= 0.6 is 0 Å². The summed E-state index contributed by atoms with van der Waals surface area (Å²) in [5, 5.41) is 21.3. The molecule has 0 spiro atoms. The zero-order valence-corrected chi connectivity index (χ0v) is 33.4. The van der Waals surface area contributed by atoms with Crippen LogP contribution in [0.4, 0.5) is 30.5 Å². The number of H-pyrrole nitrogens is 1. The number of carboxylic acids is 1. The molecule has 4 rings (SSSR count). The van der Waals surface area contributed by atoms with Crippen LogP contribution in [0.2, 0.25) is 0 Å². The van der Waals surface area contributed by atoms with E-state index in [1.54, 1.807) is 26.1 Å². The smallest absolute Gasteiger partial charge is 0.471 e. The number of aromatic carboxylic acids is 1. The molecule has 15 heteroatoms. The van der Waals surface area contributed by atoms with Gasteiger partial charge in [0.05, 0.1) is 32.1 Å². The Hall–Kier alpha value is -4.27. The zero-order chi connectivity index (χ0) is 41.2. The van der Waals surface area contributed by atoms with Crippen molar-refractivity contribution in [2.45, 2.75) is 125 Å². The van der Waals surface area contributed by atoms with Crippen LogP contribution in [0.3, 0.4) is 0 Å². The lowest BCUT2D eigenvalue weighted by molar-refractivity contribution is -0.929. The fourth-order valence-corrected chi connectivity index (χ4v) is 8.41. The van der Waals surface area contributed by atoms with Gasteiger partial charge in [-0.1, -0.05) is 86.3 Å². The summed E-state index contributed by atoms with van der Waals surface area (Å²) in [4.78, 5) is 63.7. The molecule has 2 fully saturated rings. The van der Waals surface area contributed by atoms with Crippen molar-refractivity contribution < 1.29 is 46.7 Å². The van der Waals surface area contributed by atoms with Crippen LogP contribution < -0.4 is 20.6 Å². The Kier molecular flexibility index (Phi) is 15.2. The number of unbranched alkanes of at least 4 members (excludes halogenated alkanes) is 4. The maximum absolute atomic E-state index is 13.6. The summed E-state index contributed by atoms with van der Waals surface area (Å²) in [5.74, 6) is -6.34. The van der Waals surface area contributed by atoms with E-state index in [9.17, 15) is 42.3 Å². The Labute approximate surface area is 322 Å². The van der Waals surface area contributed by atoms with Gasteiger partial charge in [-0.05, 0) is 62.6 Å². The van der Waals surface area contributed by atoms with Crippen LogP contribution in [0.15, 0.2) is 30.3 Å². The number of amides is 4. The van der Waals surface area contributed by atoms with Crippen LogP contribution in [0.5, 0.6) is 0 Å². The predicted octanol–water partition coefficient (Wildman–Crippen LogP) is 6.99. The highest BCUT2D eigenvalue weighted by Crippen LogP contribution is 2.59. The van der Waals surface area contributed by atoms with Crippen molar-refractivity contribution in [3.05, 3.63) is 35.9 Å². The summed E-state index contributed by atoms with van der Waals surface area (Å²) in [6, 6.07) is 6.41. The molecular weight excluding hydrogens is 717 g/mol. The molecule has 3 atom stereocenters. The van der Waals surface area contributed by atoms with E-state index in [-0.39, 0.29) is 36.3 Å². The molecule has 0 radical (unpaired) electrons. The Morgan fingerprint density at radius 2 is 1.31 bits per heavy atom. The molecule has 2 heterocycles. The van der Waals surface area contributed by atoms with Gasteiger partial charge in [0, 0.05) is 28.0 Å². The van der Waals surface area contributed by atoms with Crippen LogP contribution in [-0.2, 0) is 19.2 Å². The number of quaternary nitrogens is 1. The highest BCUT2D eigenvalue weighted by atomic mass is 19.4. The minimum atomic E-state index is -5.16. The van der Waals surface area contributed by atoms with Crippen molar-refractivity contribution in [3.8, 4) is 0 Å². The van der Waals surface area contributed by atoms with Crippen LogP contribution in [0, 0.1) is 16.2 Å². The fraction of sp³-hybridized carbons (Fsp3) is 0.650. The first-order chi connectivity index (χ1) is 25.7. The average Bonchev–Trinajstić information content (AvgIpc) is 3.57. The highest BCUT2D eigenvalue weighted by molar-refractivity contribution is 6.20. The number of benzene rings is 1. The molecule has 306 valence electrons. The van der Waals surface area contributed by atoms with Gasteiger partial charge >= 0.3 is 12.1 Å². The van der Waals surface area contributed by atoms with Gasteiger partial charge in [0.15, 0.2) is 5.82 Å². The summed E-state index contributed by atoms with van der Waals surface area (Å²) < 4.78 is 39.2. The van der Waals surface area contributed by atoms with Crippen molar-refractivity contribution in [2.24, 2.45) is 16.2 Å². The number of carbonyl (C=O) groups is 5. The molecule has 2 bridgehead atoms. The lowest BCUT2D eigenvalue weighted by atomic mass is 9.51. The number of aromatic nitrogens is 2. The number of aromatic amines is 1. The van der Waals surface area contributed by atoms with Crippen molar-refractivity contribution in [1.82, 2.24) is 10.2 Å². The van der Waals surface area contributed by atoms with Crippen molar-refractivity contribution in [3.63, 3.8) is 0 Å². The molecule has 55 heavy (non-hydrogen) atoms. The third kappa shape index (κ3) is 11.2. The van der Waals surface area contributed by atoms with E-state index in [0.717, 1.165) is 11.0 Å². The molecule has 1 saturated carbocycles. The number of carboxylic acid groups (broad SMARTS) is 1. The minimum Gasteiger partial charge on any atom is -0.545 e. The third-order valence-electron chi connectivity index (χ3n) is 10.9. The lowest BCUT2D eigenvalue weighted by Crippen LogP contribution is -2.65. The number of nitrogens with zero attached hydrogens (tertiary/aromatic N) is 3. The standard InChI is InChI=1S/C24H24F3N5O6.C16H36N/c1-21(17(35)28-13-6-4-5-12(7-13)16(33)34)9-22(2)11-23(3,10-21)20(38)32(19(22)37)15-8-14(30-31-15)29-18(36)24(25,26)27;1-5-9-13-17(14-10-6-2,15-11-7-3)16-12-8-4/h4-8H,9-11H2,1-3H3,(H,28,35)(H,33,34)(H2,29,30,31,36);5-16H2,1-4H3/q;+1/p-1/t21?,22-,23+;. The molecule has 1 aromatic heterocycles. The SMILES string of the molecule is CC1(C(=O)Nc2cccc(C(=O)[O-])c2)C[C@@]2(C)C[C@@](C)(C1)C(=O)N(c1cc(NC(=O)C(F)(F)F)[nH]n1)C2=O.CCCC[N+](CCCC)(CCCC)CCCC. The van der Waals surface area contributed by atoms with E-state index < -0.39 is 57.8 Å². The molecule has 2 aromatic rings. The monoisotopic (exact) mass is 776 g/mol. The molecule has 12 nitrogen and oxygen atoms in total. The van der Waals surface area contributed by atoms with Crippen molar-refractivity contribution >= 4 is 46.9 Å². The summed E-state index contributed by atoms with van der Waals surface area (Å²) in [5.41, 5.74) is -3.61. The summed E-state index contributed by atoms with van der Waals surface area (Å²) >= 11 is 0. The second-order valence-electron chi connectivity index (χ2n) is 16.2. The normalized spacial score (nSPS) is 22.5. The Bertz CT molecular complexity index is 1610. The molecule has 1 saturated heterocycles. The second-order valence-corrected chi connectivity index (χ2v) is 16.2. The lowest BCUT2D eigenvalue weighted by Gasteiger charge is -2.55. The fourth-order valence-electron chi connectivity index (χ4n) is 8.41. The number of alkyl halides is 3.